The van der Waals surface area contributed by atoms with Gasteiger partial charge in [0.2, 0.25) is 5.91 Å². The average Bonchev–Trinajstić information content (AvgIpc) is 3.65. The Morgan fingerprint density at radius 1 is 1.18 bits per heavy atom. The molecule has 0 saturated carbocycles. The van der Waals surface area contributed by atoms with Crippen LogP contribution in [0.25, 0.3) is 11.3 Å². The molecule has 1 aromatic heterocycles. The minimum Gasteiger partial charge on any atom is -0.367 e. The topological polar surface area (TPSA) is 95.1 Å². The van der Waals surface area contributed by atoms with E-state index in [9.17, 15) is 14.4 Å². The Balaban J connectivity index is 1.27. The van der Waals surface area contributed by atoms with E-state index in [-0.39, 0.29) is 42.1 Å². The molecule has 3 aliphatic rings. The largest absolute Gasteiger partial charge is 0.367 e. The monoisotopic (exact) mass is 539 g/mol. The molecule has 2 aromatic rings. The molecule has 3 fully saturated rings. The molecule has 4 heterocycles. The van der Waals surface area contributed by atoms with Crippen molar-refractivity contribution in [1.82, 2.24) is 20.1 Å². The zero-order valence-electron chi connectivity index (χ0n) is 22.6. The van der Waals surface area contributed by atoms with Crippen LogP contribution in [-0.4, -0.2) is 96.9 Å². The Morgan fingerprint density at radius 2 is 1.89 bits per heavy atom. The third-order valence-corrected chi connectivity index (χ3v) is 9.10. The van der Waals surface area contributed by atoms with Crippen LogP contribution in [0.5, 0.6) is 0 Å². The maximum absolute atomic E-state index is 13.6. The predicted molar refractivity (Wildman–Crippen MR) is 147 cm³/mol. The number of likely N-dealkylation sites (N-methyl/N-ethyl adjacent to an activating group) is 1. The van der Waals surface area contributed by atoms with Crippen LogP contribution in [0.4, 0.5) is 5.13 Å². The Morgan fingerprint density at radius 3 is 2.58 bits per heavy atom. The number of thiazole rings is 1. The van der Waals surface area contributed by atoms with Gasteiger partial charge in [-0.25, -0.2) is 4.98 Å². The molecule has 9 nitrogen and oxygen atoms in total. The maximum Gasteiger partial charge on any atom is 0.251 e. The highest BCUT2D eigenvalue weighted by Crippen LogP contribution is 2.33. The minimum absolute atomic E-state index is 0.0476. The lowest BCUT2D eigenvalue weighted by molar-refractivity contribution is -0.139. The summed E-state index contributed by atoms with van der Waals surface area (Å²) in [5.74, 6) is -0.569. The molecule has 3 aliphatic heterocycles. The van der Waals surface area contributed by atoms with Crippen molar-refractivity contribution in [1.29, 1.82) is 0 Å². The Hall–Kier alpha value is -2.82. The predicted octanol–water partition coefficient (Wildman–Crippen LogP) is 2.52. The van der Waals surface area contributed by atoms with E-state index in [0.29, 0.717) is 12.1 Å². The Bertz CT molecular complexity index is 1180. The second kappa shape index (κ2) is 11.1. The Kier molecular flexibility index (Phi) is 7.83. The number of anilines is 1. The molecule has 2 amide bonds. The molecule has 0 radical (unpaired) electrons. The number of hydrogen-bond donors (Lipinski definition) is 1. The first-order valence-electron chi connectivity index (χ1n) is 13.5. The number of hydrogen-bond acceptors (Lipinski definition) is 8. The number of ether oxygens (including phenoxy) is 1. The highest BCUT2D eigenvalue weighted by atomic mass is 32.1. The van der Waals surface area contributed by atoms with Gasteiger partial charge in [0, 0.05) is 55.1 Å². The first-order chi connectivity index (χ1) is 18.3. The number of rotatable bonds is 7. The lowest BCUT2D eigenvalue weighted by Crippen LogP contribution is -2.54. The van der Waals surface area contributed by atoms with Gasteiger partial charge < -0.3 is 24.8 Å². The van der Waals surface area contributed by atoms with E-state index in [0.717, 1.165) is 49.0 Å². The fourth-order valence-electron chi connectivity index (χ4n) is 5.54. The minimum atomic E-state index is -0.712. The number of nitrogens with zero attached hydrogens (tertiary/aromatic N) is 4. The molecule has 1 aromatic carbocycles. The van der Waals surface area contributed by atoms with Gasteiger partial charge in [-0.1, -0.05) is 39.3 Å². The Labute approximate surface area is 228 Å². The van der Waals surface area contributed by atoms with Crippen LogP contribution in [0, 0.1) is 11.8 Å². The summed E-state index contributed by atoms with van der Waals surface area (Å²) in [5, 5.41) is 6.05. The molecular formula is C28H37N5O4S. The zero-order chi connectivity index (χ0) is 27.0. The zero-order valence-corrected chi connectivity index (χ0v) is 23.4. The number of aromatic nitrogens is 1. The molecule has 5 atom stereocenters. The van der Waals surface area contributed by atoms with E-state index in [1.54, 1.807) is 28.4 Å². The van der Waals surface area contributed by atoms with E-state index in [4.69, 9.17) is 9.72 Å². The van der Waals surface area contributed by atoms with Crippen LogP contribution < -0.4 is 10.2 Å². The molecule has 1 N–H and O–H groups in total. The molecule has 3 saturated heterocycles. The fraction of sp³-hybridized carbons (Fsp3) is 0.571. The smallest absolute Gasteiger partial charge is 0.251 e. The SMILES string of the molecule is CC[C@H](C)[C@H](NC(=O)c1ccc(-c2csc(N3CCN(C)CC3)n2)cc1)C(=O)N1C[C@H](C)[C@H]2OCC(=O)[C@H]21. The number of carbonyl (C=O) groups is 3. The van der Waals surface area contributed by atoms with Crippen molar-refractivity contribution in [3.63, 3.8) is 0 Å². The van der Waals surface area contributed by atoms with E-state index in [2.05, 4.69) is 27.5 Å². The molecule has 38 heavy (non-hydrogen) atoms. The van der Waals surface area contributed by atoms with Gasteiger partial charge in [0.15, 0.2) is 10.9 Å². The highest BCUT2D eigenvalue weighted by molar-refractivity contribution is 7.14. The van der Waals surface area contributed by atoms with Gasteiger partial charge in [-0.15, -0.1) is 11.3 Å². The number of nitrogens with one attached hydrogen (secondary N) is 1. The number of ketones is 1. The lowest BCUT2D eigenvalue weighted by atomic mass is 9.96. The van der Waals surface area contributed by atoms with Crippen LogP contribution in [-0.2, 0) is 14.3 Å². The van der Waals surface area contributed by atoms with Gasteiger partial charge in [-0.3, -0.25) is 14.4 Å². The number of likely N-dealkylation sites (tertiary alicyclic amines) is 1. The van der Waals surface area contributed by atoms with E-state index in [1.807, 2.05) is 32.9 Å². The molecule has 0 bridgehead atoms. The van der Waals surface area contributed by atoms with Crippen molar-refractivity contribution in [2.75, 3.05) is 51.3 Å². The van der Waals surface area contributed by atoms with Gasteiger partial charge >= 0.3 is 0 Å². The van der Waals surface area contributed by atoms with E-state index in [1.165, 1.54) is 0 Å². The van der Waals surface area contributed by atoms with Crippen molar-refractivity contribution in [2.45, 2.75) is 45.4 Å². The normalized spacial score (nSPS) is 25.4. The highest BCUT2D eigenvalue weighted by Gasteiger charge is 2.51. The lowest BCUT2D eigenvalue weighted by Gasteiger charge is -2.32. The van der Waals surface area contributed by atoms with Crippen LogP contribution in [0.15, 0.2) is 29.6 Å². The molecular weight excluding hydrogens is 502 g/mol. The standard InChI is InChI=1S/C28H37N5O4S/c1-5-17(2)23(27(36)33-14-18(3)25-24(33)22(34)15-37-25)30-26(35)20-8-6-19(7-9-20)21-16-38-28(29-21)32-12-10-31(4)11-13-32/h6-9,16-18,23-25H,5,10-15H2,1-4H3,(H,30,35)/t17-,18-,23-,24+,25+/m0/s1. The van der Waals surface area contributed by atoms with Crippen LogP contribution in [0.1, 0.15) is 37.6 Å². The first-order valence-corrected chi connectivity index (χ1v) is 14.4. The summed E-state index contributed by atoms with van der Waals surface area (Å²) in [6, 6.07) is 6.10. The molecule has 204 valence electrons. The maximum atomic E-state index is 13.6. The van der Waals surface area contributed by atoms with E-state index >= 15 is 0 Å². The van der Waals surface area contributed by atoms with Crippen LogP contribution in [0.2, 0.25) is 0 Å². The number of Topliss-reactive ketones (excluding diaryl/α,β-unsaturated/α-hetero) is 1. The third kappa shape index (κ3) is 5.21. The van der Waals surface area contributed by atoms with Gasteiger partial charge in [0.25, 0.3) is 5.91 Å². The number of benzene rings is 1. The molecule has 0 aliphatic carbocycles. The van der Waals surface area contributed by atoms with Crippen molar-refractivity contribution in [3.05, 3.63) is 35.2 Å². The summed E-state index contributed by atoms with van der Waals surface area (Å²) < 4.78 is 5.65. The first kappa shape index (κ1) is 26.8. The van der Waals surface area contributed by atoms with Crippen LogP contribution >= 0.6 is 11.3 Å². The van der Waals surface area contributed by atoms with Crippen molar-refractivity contribution >= 4 is 34.1 Å². The van der Waals surface area contributed by atoms with Gasteiger partial charge in [-0.2, -0.15) is 0 Å². The van der Waals surface area contributed by atoms with Crippen molar-refractivity contribution in [3.8, 4) is 11.3 Å². The number of amides is 2. The number of piperazine rings is 1. The van der Waals surface area contributed by atoms with Crippen molar-refractivity contribution < 1.29 is 19.1 Å². The van der Waals surface area contributed by atoms with E-state index < -0.39 is 12.1 Å². The molecule has 5 rings (SSSR count). The summed E-state index contributed by atoms with van der Waals surface area (Å²) in [5.41, 5.74) is 2.33. The quantitative estimate of drug-likeness (QED) is 0.578. The van der Waals surface area contributed by atoms with Gasteiger partial charge in [-0.05, 0) is 25.1 Å². The van der Waals surface area contributed by atoms with Crippen LogP contribution in [0.3, 0.4) is 0 Å². The van der Waals surface area contributed by atoms with Gasteiger partial charge in [0.05, 0.1) is 11.8 Å². The number of fused-ring (bicyclic) bond motifs is 1. The summed E-state index contributed by atoms with van der Waals surface area (Å²) in [6.07, 6.45) is 0.464. The molecule has 0 spiro atoms. The van der Waals surface area contributed by atoms with Crippen molar-refractivity contribution in [2.24, 2.45) is 11.8 Å². The summed E-state index contributed by atoms with van der Waals surface area (Å²) in [7, 11) is 2.14. The molecule has 10 heteroatoms. The fourth-order valence-corrected chi connectivity index (χ4v) is 6.43. The summed E-state index contributed by atoms with van der Waals surface area (Å²) in [6.45, 7) is 10.5. The van der Waals surface area contributed by atoms with Gasteiger partial charge in [0.1, 0.15) is 18.7 Å². The summed E-state index contributed by atoms with van der Waals surface area (Å²) >= 11 is 1.64. The second-order valence-electron chi connectivity index (χ2n) is 10.9. The average molecular weight is 540 g/mol. The number of carbonyl (C=O) groups excluding carboxylic acids is 3. The molecule has 0 unspecified atom stereocenters. The summed E-state index contributed by atoms with van der Waals surface area (Å²) in [4.78, 5) is 50.4. The third-order valence-electron chi connectivity index (χ3n) is 8.20. The second-order valence-corrected chi connectivity index (χ2v) is 11.7.